The maximum Gasteiger partial charge on any atom is 0.233 e. The molecule has 1 fully saturated rings. The number of carbonyl (C=O) groups is 1. The van der Waals surface area contributed by atoms with Gasteiger partial charge >= 0.3 is 0 Å². The number of halogens is 2. The Morgan fingerprint density at radius 2 is 2.10 bits per heavy atom. The highest BCUT2D eigenvalue weighted by Gasteiger charge is 2.20. The van der Waals surface area contributed by atoms with Crippen LogP contribution in [0.5, 0.6) is 0 Å². The van der Waals surface area contributed by atoms with Crippen LogP contribution in [0.25, 0.3) is 0 Å². The Morgan fingerprint density at radius 3 is 2.81 bits per heavy atom. The summed E-state index contributed by atoms with van der Waals surface area (Å²) >= 11 is 1.63. The normalized spacial score (nSPS) is 13.6. The van der Waals surface area contributed by atoms with E-state index < -0.39 is 0 Å². The number of hydrogen-bond donors (Lipinski definition) is 2. The van der Waals surface area contributed by atoms with Crippen molar-refractivity contribution < 1.29 is 9.18 Å². The Labute approximate surface area is 135 Å². The van der Waals surface area contributed by atoms with Crippen LogP contribution in [0, 0.1) is 11.7 Å². The standard InChI is InChI=1S/C15H21FN2OS.ClH/c16-14-4-2-1-3-13(14)11-20-8-7-18-15(19)10-17-9-12-5-6-12;/h1-4,12,17H,5-11H2,(H,18,19);1H. The van der Waals surface area contributed by atoms with Gasteiger partial charge in [-0.3, -0.25) is 4.79 Å². The van der Waals surface area contributed by atoms with Gasteiger partial charge in [-0.25, -0.2) is 4.39 Å². The molecule has 1 aliphatic carbocycles. The molecule has 0 saturated heterocycles. The van der Waals surface area contributed by atoms with E-state index in [4.69, 9.17) is 0 Å². The highest BCUT2D eigenvalue weighted by Crippen LogP contribution is 2.27. The van der Waals surface area contributed by atoms with Gasteiger partial charge < -0.3 is 10.6 Å². The van der Waals surface area contributed by atoms with Gasteiger partial charge in [-0.05, 0) is 36.9 Å². The molecule has 6 heteroatoms. The second-order valence-corrected chi connectivity index (χ2v) is 6.17. The molecule has 2 N–H and O–H groups in total. The van der Waals surface area contributed by atoms with Gasteiger partial charge in [-0.15, -0.1) is 12.4 Å². The molecule has 0 atom stereocenters. The number of carbonyl (C=O) groups excluding carboxylic acids is 1. The summed E-state index contributed by atoms with van der Waals surface area (Å²) < 4.78 is 13.3. The quantitative estimate of drug-likeness (QED) is 0.683. The van der Waals surface area contributed by atoms with Gasteiger partial charge in [0, 0.05) is 18.1 Å². The Balaban J connectivity index is 0.00000220. The van der Waals surface area contributed by atoms with E-state index in [9.17, 15) is 9.18 Å². The molecule has 0 bridgehead atoms. The van der Waals surface area contributed by atoms with Crippen molar-refractivity contribution in [3.05, 3.63) is 35.6 Å². The number of thioether (sulfide) groups is 1. The van der Waals surface area contributed by atoms with Crippen LogP contribution in [-0.2, 0) is 10.5 Å². The maximum atomic E-state index is 13.3. The fourth-order valence-electron chi connectivity index (χ4n) is 1.83. The van der Waals surface area contributed by atoms with Gasteiger partial charge in [0.2, 0.25) is 5.91 Å². The zero-order valence-corrected chi connectivity index (χ0v) is 13.6. The van der Waals surface area contributed by atoms with E-state index in [1.807, 2.05) is 6.07 Å². The number of hydrogen-bond acceptors (Lipinski definition) is 3. The topological polar surface area (TPSA) is 41.1 Å². The van der Waals surface area contributed by atoms with Crippen LogP contribution in [-0.4, -0.2) is 31.3 Å². The Hall–Kier alpha value is -0.780. The molecule has 0 unspecified atom stereocenters. The van der Waals surface area contributed by atoms with Crippen LogP contribution in [0.3, 0.4) is 0 Å². The van der Waals surface area contributed by atoms with Crippen molar-refractivity contribution >= 4 is 30.1 Å². The third-order valence-electron chi connectivity index (χ3n) is 3.20. The van der Waals surface area contributed by atoms with Crippen LogP contribution >= 0.6 is 24.2 Å². The van der Waals surface area contributed by atoms with Gasteiger partial charge in [-0.2, -0.15) is 11.8 Å². The number of benzene rings is 1. The summed E-state index contributed by atoms with van der Waals surface area (Å²) in [6.07, 6.45) is 2.59. The van der Waals surface area contributed by atoms with E-state index in [1.165, 1.54) is 18.9 Å². The molecule has 0 radical (unpaired) electrons. The molecule has 0 aliphatic heterocycles. The molecule has 1 aliphatic rings. The van der Waals surface area contributed by atoms with Crippen molar-refractivity contribution in [3.8, 4) is 0 Å². The summed E-state index contributed by atoms with van der Waals surface area (Å²) in [5.41, 5.74) is 0.718. The summed E-state index contributed by atoms with van der Waals surface area (Å²) in [4.78, 5) is 11.5. The first-order valence-electron chi connectivity index (χ1n) is 7.04. The second-order valence-electron chi connectivity index (χ2n) is 5.07. The molecule has 1 saturated carbocycles. The summed E-state index contributed by atoms with van der Waals surface area (Å²) in [6, 6.07) is 6.80. The van der Waals surface area contributed by atoms with E-state index in [0.29, 0.717) is 18.8 Å². The van der Waals surface area contributed by atoms with Gasteiger partial charge in [0.25, 0.3) is 0 Å². The van der Waals surface area contributed by atoms with Gasteiger partial charge in [0.1, 0.15) is 5.82 Å². The van der Waals surface area contributed by atoms with Gasteiger partial charge in [-0.1, -0.05) is 18.2 Å². The molecule has 1 aromatic carbocycles. The average Bonchev–Trinajstić information content (AvgIpc) is 3.24. The van der Waals surface area contributed by atoms with E-state index >= 15 is 0 Å². The zero-order valence-electron chi connectivity index (χ0n) is 11.9. The Morgan fingerprint density at radius 1 is 1.33 bits per heavy atom. The molecule has 1 amide bonds. The molecule has 3 nitrogen and oxygen atoms in total. The molecule has 21 heavy (non-hydrogen) atoms. The molecular formula is C15H22ClFN2OS. The first-order valence-corrected chi connectivity index (χ1v) is 8.20. The van der Waals surface area contributed by atoms with E-state index in [0.717, 1.165) is 23.8 Å². The first-order chi connectivity index (χ1) is 9.75. The van der Waals surface area contributed by atoms with E-state index in [-0.39, 0.29) is 24.1 Å². The average molecular weight is 333 g/mol. The van der Waals surface area contributed by atoms with Crippen molar-refractivity contribution in [1.82, 2.24) is 10.6 Å². The molecule has 0 spiro atoms. The number of nitrogens with one attached hydrogen (secondary N) is 2. The van der Waals surface area contributed by atoms with Crippen molar-refractivity contribution in [2.75, 3.05) is 25.4 Å². The monoisotopic (exact) mass is 332 g/mol. The van der Waals surface area contributed by atoms with Crippen molar-refractivity contribution in [1.29, 1.82) is 0 Å². The van der Waals surface area contributed by atoms with Crippen LogP contribution in [0.15, 0.2) is 24.3 Å². The maximum absolute atomic E-state index is 13.3. The van der Waals surface area contributed by atoms with E-state index in [2.05, 4.69) is 10.6 Å². The summed E-state index contributed by atoms with van der Waals surface area (Å²) in [5, 5.41) is 6.01. The lowest BCUT2D eigenvalue weighted by atomic mass is 10.2. The number of amides is 1. The molecule has 118 valence electrons. The number of rotatable bonds is 9. The third-order valence-corrected chi connectivity index (χ3v) is 4.21. The SMILES string of the molecule is Cl.O=C(CNCC1CC1)NCCSCc1ccccc1F. The predicted octanol–water partition coefficient (Wildman–Crippen LogP) is 2.60. The zero-order chi connectivity index (χ0) is 14.2. The molecule has 1 aromatic rings. The summed E-state index contributed by atoms with van der Waals surface area (Å²) in [6.45, 7) is 1.98. The Bertz CT molecular complexity index is 443. The van der Waals surface area contributed by atoms with Crippen LogP contribution in [0.4, 0.5) is 4.39 Å². The highest BCUT2D eigenvalue weighted by molar-refractivity contribution is 7.98. The van der Waals surface area contributed by atoms with Gasteiger partial charge in [0.15, 0.2) is 0 Å². The van der Waals surface area contributed by atoms with Gasteiger partial charge in [0.05, 0.1) is 6.54 Å². The summed E-state index contributed by atoms with van der Waals surface area (Å²) in [5.74, 6) is 2.11. The minimum absolute atomic E-state index is 0. The molecule has 2 rings (SSSR count). The van der Waals surface area contributed by atoms with Crippen LogP contribution in [0.1, 0.15) is 18.4 Å². The Kier molecular flexibility index (Phi) is 8.73. The van der Waals surface area contributed by atoms with Crippen molar-refractivity contribution in [3.63, 3.8) is 0 Å². The van der Waals surface area contributed by atoms with Crippen molar-refractivity contribution in [2.24, 2.45) is 5.92 Å². The fourth-order valence-corrected chi connectivity index (χ4v) is 2.68. The molecule has 0 aromatic heterocycles. The third kappa shape index (κ3) is 7.69. The fraction of sp³-hybridized carbons (Fsp3) is 0.533. The lowest BCUT2D eigenvalue weighted by molar-refractivity contribution is -0.120. The smallest absolute Gasteiger partial charge is 0.233 e. The second kappa shape index (κ2) is 10.0. The predicted molar refractivity (Wildman–Crippen MR) is 88.4 cm³/mol. The minimum Gasteiger partial charge on any atom is -0.354 e. The molecular weight excluding hydrogens is 311 g/mol. The van der Waals surface area contributed by atoms with E-state index in [1.54, 1.807) is 23.9 Å². The lowest BCUT2D eigenvalue weighted by Crippen LogP contribution is -2.35. The highest BCUT2D eigenvalue weighted by atomic mass is 35.5. The van der Waals surface area contributed by atoms with Crippen LogP contribution in [0.2, 0.25) is 0 Å². The summed E-state index contributed by atoms with van der Waals surface area (Å²) in [7, 11) is 0. The largest absolute Gasteiger partial charge is 0.354 e. The molecule has 0 heterocycles. The lowest BCUT2D eigenvalue weighted by Gasteiger charge is -2.06. The van der Waals surface area contributed by atoms with Crippen molar-refractivity contribution in [2.45, 2.75) is 18.6 Å². The first kappa shape index (κ1) is 18.3. The van der Waals surface area contributed by atoms with Crippen LogP contribution < -0.4 is 10.6 Å². The minimum atomic E-state index is -0.159.